The second-order valence-corrected chi connectivity index (χ2v) is 28.6. The average molecular weight is 1750 g/mol. The number of ether oxygens (including phenoxy) is 2. The fourth-order valence-electron chi connectivity index (χ4n) is 15.2. The first kappa shape index (κ1) is 92.4. The topological polar surface area (TPSA) is 441 Å². The number of benzene rings is 4. The van der Waals surface area contributed by atoms with Crippen molar-refractivity contribution in [2.24, 2.45) is 29.6 Å². The van der Waals surface area contributed by atoms with E-state index in [0.29, 0.717) is 60.3 Å². The van der Waals surface area contributed by atoms with Crippen LogP contribution in [0.5, 0.6) is 0 Å². The number of carboxylic acid groups (broad SMARTS) is 4. The number of aromatic nitrogens is 2. The molecule has 10 rings (SSSR count). The standard InChI is InChI=1S/C83H88N6O19.CH4O.2CHO.Re/c1-47(2)64(41-71(93)66(27-28-73(94)95)86-81(104)54(32-48(3)90)39-74(96)97)82(105)88-68(43-76(100)101)69(91)35-49-25-26-57-52(33-49)38-53-34-50(37-72-78(53)79(57)62-23-8-9-24-63(62)83(106)108-72)36-70(92)67(42-75(98)99)87-80(103)51(16-12-15-31-89(44-55-17-10-13-29-84-55)45-56-18-11-14-30-85-56)40-77(102)107-46-65-60-21-6-4-19-58(60)59-20-5-7-22-61(59)65;3*1-2;/h4-11,13-14,17-26,29-30,33-34,37,47,51,54,64-68,72,78-79H,12,15-16,27-28,31-32,35-36,38-46H2,1-3H3,(H,86,104)(H,87,103)(H,88,105)(H,94,95)(H,96,97)(H,98,99)(H,100,101);2H,1H3;2*1H;/q;;2*-1;/t51-,54+,64+,66+,67+,68+,72?,78?,79?;;;;/m1..../s1. The van der Waals surface area contributed by atoms with Gasteiger partial charge in [0.1, 0.15) is 18.5 Å². The molecule has 3 aliphatic carbocycles. The Hall–Kier alpha value is -11.5. The Morgan fingerprint density at radius 3 is 1.64 bits per heavy atom. The molecule has 115 heavy (non-hydrogen) atoms. The van der Waals surface area contributed by atoms with Crippen LogP contribution in [-0.2, 0) is 123 Å². The van der Waals surface area contributed by atoms with Crippen LogP contribution in [0.15, 0.2) is 163 Å². The van der Waals surface area contributed by atoms with E-state index in [1.54, 1.807) is 68.7 Å². The summed E-state index contributed by atoms with van der Waals surface area (Å²) in [5.74, 6) is -17.9. The van der Waals surface area contributed by atoms with Crippen LogP contribution in [0, 0.1) is 29.6 Å². The molecule has 0 saturated heterocycles. The number of nitrogens with one attached hydrogen (secondary N) is 3. The summed E-state index contributed by atoms with van der Waals surface area (Å²) in [6.07, 6.45) is 1.44. The van der Waals surface area contributed by atoms with Gasteiger partial charge in [0, 0.05) is 115 Å². The number of carboxylic acids is 4. The first-order valence-corrected chi connectivity index (χ1v) is 37.2. The Kier molecular flexibility index (Phi) is 36.5. The van der Waals surface area contributed by atoms with E-state index in [1.807, 2.05) is 97.1 Å². The molecule has 4 aliphatic rings. The average Bonchev–Trinajstić information content (AvgIpc) is 1.70. The molecule has 6 aromatic rings. The number of allylic oxidation sites excluding steroid dienone is 2. The minimum absolute atomic E-state index is 0. The van der Waals surface area contributed by atoms with Crippen LogP contribution < -0.4 is 16.0 Å². The van der Waals surface area contributed by atoms with Gasteiger partial charge < -0.3 is 65.3 Å². The van der Waals surface area contributed by atoms with Gasteiger partial charge in [-0.05, 0) is 132 Å². The number of amides is 3. The third-order valence-electron chi connectivity index (χ3n) is 20.4. The number of aliphatic hydroxyl groups is 1. The van der Waals surface area contributed by atoms with Crippen LogP contribution in [0.25, 0.3) is 11.1 Å². The molecule has 609 valence electrons. The van der Waals surface area contributed by atoms with Crippen molar-refractivity contribution in [1.82, 2.24) is 30.8 Å². The number of unbranched alkanes of at least 4 members (excludes halogenated alkanes) is 1. The van der Waals surface area contributed by atoms with Crippen molar-refractivity contribution in [3.8, 4) is 11.1 Å². The van der Waals surface area contributed by atoms with E-state index in [4.69, 9.17) is 24.2 Å². The first-order valence-electron chi connectivity index (χ1n) is 37.2. The quantitative estimate of drug-likeness (QED) is 0.00778. The molecule has 1 aliphatic heterocycles. The minimum atomic E-state index is -1.64. The molecule has 0 bridgehead atoms. The summed E-state index contributed by atoms with van der Waals surface area (Å²) in [5.41, 5.74) is 9.57. The van der Waals surface area contributed by atoms with E-state index in [-0.39, 0.29) is 57.8 Å². The van der Waals surface area contributed by atoms with Crippen LogP contribution in [0.3, 0.4) is 0 Å². The molecule has 0 spiro atoms. The van der Waals surface area contributed by atoms with Crippen LogP contribution in [-0.4, -0.2) is 175 Å². The predicted octanol–water partition coefficient (Wildman–Crippen LogP) is 8.12. The van der Waals surface area contributed by atoms with Gasteiger partial charge in [0.25, 0.3) is 0 Å². The third kappa shape index (κ3) is 26.0. The van der Waals surface area contributed by atoms with Gasteiger partial charge in [-0.15, -0.1) is 0 Å². The fourth-order valence-corrected chi connectivity index (χ4v) is 15.2. The number of carbonyl (C=O) groups is 13. The molecule has 1 radical (unpaired) electrons. The Morgan fingerprint density at radius 1 is 0.565 bits per heavy atom. The second kappa shape index (κ2) is 45.4. The maximum Gasteiger partial charge on any atom is 0.339 e. The largest absolute Gasteiger partial charge is 0.545 e. The molecule has 4 aromatic carbocycles. The zero-order valence-corrected chi connectivity index (χ0v) is 66.8. The van der Waals surface area contributed by atoms with Crippen molar-refractivity contribution in [1.29, 1.82) is 0 Å². The normalized spacial score (nSPS) is 16.0. The van der Waals surface area contributed by atoms with Crippen molar-refractivity contribution < 1.29 is 127 Å². The Balaban J connectivity index is 0.00000287. The van der Waals surface area contributed by atoms with E-state index in [9.17, 15) is 82.8 Å². The number of aliphatic hydroxyl groups excluding tert-OH is 1. The number of fused-ring (bicyclic) bond motifs is 7. The summed E-state index contributed by atoms with van der Waals surface area (Å²) in [4.78, 5) is 201. The zero-order chi connectivity index (χ0) is 83.3. The van der Waals surface area contributed by atoms with Crippen molar-refractivity contribution in [2.75, 3.05) is 20.3 Å². The Bertz CT molecular complexity index is 4430. The molecule has 28 nitrogen and oxygen atoms in total. The summed E-state index contributed by atoms with van der Waals surface area (Å²) < 4.78 is 12.3. The molecular weight excluding hydrogens is 1660 g/mol. The van der Waals surface area contributed by atoms with Crippen LogP contribution >= 0.6 is 0 Å². The Labute approximate surface area is 679 Å². The zero-order valence-electron chi connectivity index (χ0n) is 64.1. The van der Waals surface area contributed by atoms with Gasteiger partial charge in [0.15, 0.2) is 17.3 Å². The van der Waals surface area contributed by atoms with E-state index in [0.717, 1.165) is 53.2 Å². The van der Waals surface area contributed by atoms with Crippen LogP contribution in [0.2, 0.25) is 0 Å². The number of pyridine rings is 2. The van der Waals surface area contributed by atoms with Gasteiger partial charge >= 0.3 is 35.8 Å². The first-order chi connectivity index (χ1) is 54.8. The molecule has 3 unspecified atom stereocenters. The fraction of sp³-hybridized carbons (Fsp3) is 0.384. The summed E-state index contributed by atoms with van der Waals surface area (Å²) in [7, 11) is 1.00. The van der Waals surface area contributed by atoms with E-state index >= 15 is 0 Å². The van der Waals surface area contributed by atoms with Gasteiger partial charge in [-0.1, -0.05) is 129 Å². The minimum Gasteiger partial charge on any atom is -0.545 e. The molecule has 29 heteroatoms. The van der Waals surface area contributed by atoms with E-state index in [2.05, 4.69) is 44.4 Å². The number of aliphatic carboxylic acids is 4. The smallest absolute Gasteiger partial charge is 0.339 e. The van der Waals surface area contributed by atoms with Gasteiger partial charge in [0.2, 0.25) is 17.7 Å². The van der Waals surface area contributed by atoms with Gasteiger partial charge in [0.05, 0.1) is 66.7 Å². The van der Waals surface area contributed by atoms with E-state index in [1.165, 1.54) is 0 Å². The SMILES string of the molecule is CC(=O)C[C@@H](CC(=O)O)C(=O)N[C@@H](CCC(=O)O)C(=O)C[C@H](C(=O)N[C@@H](CC(=O)O)C(=O)Cc1ccc2c(c1)CC1=CC(CC(=O)[C@H](CC(=O)O)NC(=O)[C@H](CCCCN(Cc3ccccn3)Cc3ccccn3)CC(=O)OCC3c4ccccc4-c4ccccc43)=CC3OC(=O)c4ccccc4C2C13)C(C)C.CO.[CH-]=O.[CH-]=O.[Re]. The molecule has 2 aromatic heterocycles. The van der Waals surface area contributed by atoms with Crippen LogP contribution in [0.4, 0.5) is 0 Å². The van der Waals surface area contributed by atoms with Crippen molar-refractivity contribution >= 4 is 90.2 Å². The molecule has 3 amide bonds. The maximum absolute atomic E-state index is 14.9. The number of rotatable bonds is 40. The Morgan fingerprint density at radius 2 is 1.10 bits per heavy atom. The van der Waals surface area contributed by atoms with Crippen molar-refractivity contribution in [2.45, 2.75) is 160 Å². The predicted molar refractivity (Wildman–Crippen MR) is 413 cm³/mol. The second-order valence-electron chi connectivity index (χ2n) is 28.6. The number of nitrogens with zero attached hydrogens (tertiary/aromatic N) is 3. The monoisotopic (exact) mass is 1750 g/mol. The summed E-state index contributed by atoms with van der Waals surface area (Å²) >= 11 is 0. The van der Waals surface area contributed by atoms with Crippen molar-refractivity contribution in [3.63, 3.8) is 0 Å². The number of Topliss-reactive ketones (excluding diaryl/α,β-unsaturated/α-hetero) is 4. The van der Waals surface area contributed by atoms with Crippen LogP contribution in [0.1, 0.15) is 165 Å². The number of carbonyl (C=O) groups excluding carboxylic acids is 11. The summed E-state index contributed by atoms with van der Waals surface area (Å²) in [6.45, 7) is 12.4. The van der Waals surface area contributed by atoms with Crippen molar-refractivity contribution in [3.05, 3.63) is 213 Å². The molecule has 0 fully saturated rings. The van der Waals surface area contributed by atoms with Gasteiger partial charge in [-0.25, -0.2) is 4.79 Å². The molecular formula is C86H94N6O22Re-2. The third-order valence-corrected chi connectivity index (χ3v) is 20.4. The molecule has 8 N–H and O–H groups in total. The van der Waals surface area contributed by atoms with E-state index < -0.39 is 194 Å². The molecule has 3 heterocycles. The summed E-state index contributed by atoms with van der Waals surface area (Å²) in [6, 6.07) is 34.5. The number of esters is 2. The number of hydrogen-bond donors (Lipinski definition) is 8. The molecule has 0 saturated carbocycles. The number of ketones is 4. The summed E-state index contributed by atoms with van der Waals surface area (Å²) in [5, 5.41) is 54.0. The van der Waals surface area contributed by atoms with Gasteiger partial charge in [-0.2, -0.15) is 0 Å². The van der Waals surface area contributed by atoms with Gasteiger partial charge in [-0.3, -0.25) is 81.2 Å². The molecule has 9 atom stereocenters. The number of hydrogen-bond acceptors (Lipinski definition) is 21. The maximum atomic E-state index is 14.9.